The first-order chi connectivity index (χ1) is 15.3. The molecule has 0 aliphatic carbocycles. The first-order valence-corrected chi connectivity index (χ1v) is 11.1. The summed E-state index contributed by atoms with van der Waals surface area (Å²) in [6.45, 7) is 3.90. The molecule has 0 spiro atoms. The van der Waals surface area contributed by atoms with Crippen LogP contribution in [0.5, 0.6) is 0 Å². The fraction of sp³-hybridized carbons (Fsp3) is 0.240. The first-order valence-electron chi connectivity index (χ1n) is 10.3. The lowest BCUT2D eigenvalue weighted by Gasteiger charge is -2.31. The molecule has 2 atom stereocenters. The Labute approximate surface area is 188 Å². The van der Waals surface area contributed by atoms with Crippen molar-refractivity contribution < 1.29 is 18.3 Å². The Hall–Kier alpha value is -2.77. The van der Waals surface area contributed by atoms with E-state index in [1.54, 1.807) is 22.9 Å². The number of hydrogen-bond acceptors (Lipinski definition) is 3. The highest BCUT2D eigenvalue weighted by Gasteiger charge is 2.48. The molecule has 1 aromatic heterocycles. The van der Waals surface area contributed by atoms with Crippen molar-refractivity contribution in [1.29, 1.82) is 0 Å². The molecule has 0 aliphatic rings. The largest absolute Gasteiger partial charge is 0.376 e. The third-order valence-electron chi connectivity index (χ3n) is 5.48. The lowest BCUT2D eigenvalue weighted by molar-refractivity contribution is -0.123. The molecule has 0 bridgehead atoms. The van der Waals surface area contributed by atoms with E-state index >= 15 is 4.39 Å². The van der Waals surface area contributed by atoms with Gasteiger partial charge in [0, 0.05) is 10.3 Å². The van der Waals surface area contributed by atoms with E-state index in [4.69, 9.17) is 0 Å². The van der Waals surface area contributed by atoms with E-state index in [1.807, 2.05) is 56.3 Å². The van der Waals surface area contributed by atoms with Crippen molar-refractivity contribution >= 4 is 22.7 Å². The van der Waals surface area contributed by atoms with E-state index in [9.17, 15) is 13.9 Å². The third-order valence-corrected chi connectivity index (χ3v) is 6.67. The fourth-order valence-corrected chi connectivity index (χ4v) is 4.92. The van der Waals surface area contributed by atoms with Crippen LogP contribution in [0, 0.1) is 0 Å². The van der Waals surface area contributed by atoms with Crippen LogP contribution in [0.15, 0.2) is 83.9 Å². The minimum absolute atomic E-state index is 0.0886. The number of benzene rings is 3. The van der Waals surface area contributed by atoms with Gasteiger partial charge in [0.2, 0.25) is 0 Å². The number of nitrogens with zero attached hydrogens (tertiary/aromatic N) is 2. The van der Waals surface area contributed by atoms with E-state index in [0.29, 0.717) is 27.6 Å². The van der Waals surface area contributed by atoms with Crippen LogP contribution in [0.2, 0.25) is 0 Å². The molecule has 0 fully saturated rings. The lowest BCUT2D eigenvalue weighted by Crippen LogP contribution is -2.42. The number of thioether (sulfide) groups is 1. The predicted octanol–water partition coefficient (Wildman–Crippen LogP) is 6.69. The Bertz CT molecular complexity index is 1210. The van der Waals surface area contributed by atoms with Crippen LogP contribution in [0.25, 0.3) is 16.6 Å². The van der Waals surface area contributed by atoms with Crippen LogP contribution in [-0.4, -0.2) is 26.8 Å². The van der Waals surface area contributed by atoms with Gasteiger partial charge < -0.3 is 5.11 Å². The standard InChI is InChI=1S/C25H23F3N2OS/c1-16(2)20-10-6-7-11-22(20)32-24(28)25(31,23(26)27)18-12-13-21-17(14-18)15-29-30(21)19-8-4-3-5-9-19/h3-16,23-24,31H,1-2H3. The number of para-hydroxylation sites is 1. The molecule has 4 rings (SSSR count). The Morgan fingerprint density at radius 2 is 1.62 bits per heavy atom. The summed E-state index contributed by atoms with van der Waals surface area (Å²) in [6.07, 6.45) is -1.80. The van der Waals surface area contributed by atoms with Crippen LogP contribution < -0.4 is 0 Å². The van der Waals surface area contributed by atoms with E-state index in [0.717, 1.165) is 11.3 Å². The minimum atomic E-state index is -3.32. The first kappa shape index (κ1) is 22.4. The van der Waals surface area contributed by atoms with Crippen molar-refractivity contribution in [2.24, 2.45) is 0 Å². The second kappa shape index (κ2) is 9.00. The molecule has 0 amide bonds. The van der Waals surface area contributed by atoms with Gasteiger partial charge in [-0.15, -0.1) is 0 Å². The summed E-state index contributed by atoms with van der Waals surface area (Å²) < 4.78 is 45.3. The molecule has 2 unspecified atom stereocenters. The van der Waals surface area contributed by atoms with E-state index in [-0.39, 0.29) is 11.5 Å². The van der Waals surface area contributed by atoms with Crippen LogP contribution >= 0.6 is 11.8 Å². The Morgan fingerprint density at radius 3 is 2.31 bits per heavy atom. The average molecular weight is 457 g/mol. The summed E-state index contributed by atoms with van der Waals surface area (Å²) in [7, 11) is 0. The average Bonchev–Trinajstić information content (AvgIpc) is 3.22. The monoisotopic (exact) mass is 456 g/mol. The van der Waals surface area contributed by atoms with Gasteiger partial charge in [-0.2, -0.15) is 5.10 Å². The Balaban J connectivity index is 1.72. The van der Waals surface area contributed by atoms with Crippen LogP contribution in [0.3, 0.4) is 0 Å². The molecule has 4 aromatic rings. The number of halogens is 3. The van der Waals surface area contributed by atoms with Gasteiger partial charge in [-0.05, 0) is 47.4 Å². The predicted molar refractivity (Wildman–Crippen MR) is 122 cm³/mol. The zero-order valence-corrected chi connectivity index (χ0v) is 18.4. The van der Waals surface area contributed by atoms with Crippen LogP contribution in [0.1, 0.15) is 30.9 Å². The second-order valence-electron chi connectivity index (χ2n) is 7.92. The third kappa shape index (κ3) is 4.02. The van der Waals surface area contributed by atoms with E-state index < -0.39 is 17.5 Å². The highest BCUT2D eigenvalue weighted by molar-refractivity contribution is 7.99. The van der Waals surface area contributed by atoms with Gasteiger partial charge in [0.1, 0.15) is 0 Å². The molecule has 0 saturated carbocycles. The van der Waals surface area contributed by atoms with Crippen molar-refractivity contribution in [3.63, 3.8) is 0 Å². The van der Waals surface area contributed by atoms with Gasteiger partial charge in [0.15, 0.2) is 11.1 Å². The molecule has 0 aliphatic heterocycles. The molecule has 0 saturated heterocycles. The molecule has 1 N–H and O–H groups in total. The van der Waals surface area contributed by atoms with Crippen molar-refractivity contribution in [2.75, 3.05) is 0 Å². The summed E-state index contributed by atoms with van der Waals surface area (Å²) in [4.78, 5) is 0.534. The highest BCUT2D eigenvalue weighted by atomic mass is 32.2. The quantitative estimate of drug-likeness (QED) is 0.315. The maximum absolute atomic E-state index is 15.4. The second-order valence-corrected chi connectivity index (χ2v) is 9.01. The lowest BCUT2D eigenvalue weighted by atomic mass is 9.94. The molecule has 3 nitrogen and oxygen atoms in total. The fourth-order valence-electron chi connectivity index (χ4n) is 3.68. The number of rotatable bonds is 7. The van der Waals surface area contributed by atoms with Gasteiger partial charge in [-0.25, -0.2) is 17.9 Å². The van der Waals surface area contributed by atoms with Crippen molar-refractivity contribution in [1.82, 2.24) is 9.78 Å². The van der Waals surface area contributed by atoms with E-state index in [1.165, 1.54) is 18.3 Å². The highest BCUT2D eigenvalue weighted by Crippen LogP contribution is 2.44. The number of fused-ring (bicyclic) bond motifs is 1. The van der Waals surface area contributed by atoms with E-state index in [2.05, 4.69) is 5.10 Å². The molecular weight excluding hydrogens is 433 g/mol. The summed E-state index contributed by atoms with van der Waals surface area (Å²) in [6, 6.07) is 20.7. The smallest absolute Gasteiger partial charge is 0.274 e. The molecule has 166 valence electrons. The maximum atomic E-state index is 15.4. The van der Waals surface area contributed by atoms with Crippen molar-refractivity contribution in [2.45, 2.75) is 42.2 Å². The minimum Gasteiger partial charge on any atom is -0.376 e. The van der Waals surface area contributed by atoms with Gasteiger partial charge in [0.25, 0.3) is 6.43 Å². The summed E-state index contributed by atoms with van der Waals surface area (Å²) in [5, 5.41) is 15.8. The van der Waals surface area contributed by atoms with Gasteiger partial charge in [0.05, 0.1) is 17.4 Å². The maximum Gasteiger partial charge on any atom is 0.274 e. The molecule has 32 heavy (non-hydrogen) atoms. The summed E-state index contributed by atoms with van der Waals surface area (Å²) in [5.41, 5.74) is -3.11. The number of hydrogen-bond donors (Lipinski definition) is 1. The topological polar surface area (TPSA) is 38.1 Å². The normalized spacial score (nSPS) is 14.8. The molecular formula is C25H23F3N2OS. The molecule has 0 radical (unpaired) electrons. The van der Waals surface area contributed by atoms with Crippen LogP contribution in [0.4, 0.5) is 13.2 Å². The van der Waals surface area contributed by atoms with Crippen molar-refractivity contribution in [3.8, 4) is 5.69 Å². The molecule has 7 heteroatoms. The van der Waals surface area contributed by atoms with Gasteiger partial charge in [-0.3, -0.25) is 0 Å². The molecule has 1 heterocycles. The zero-order valence-electron chi connectivity index (χ0n) is 17.6. The SMILES string of the molecule is CC(C)c1ccccc1SC(F)C(O)(c1ccc2c(cnn2-c2ccccc2)c1)C(F)F. The Morgan fingerprint density at radius 1 is 0.938 bits per heavy atom. The summed E-state index contributed by atoms with van der Waals surface area (Å²) >= 11 is 0.619. The molecule has 3 aromatic carbocycles. The summed E-state index contributed by atoms with van der Waals surface area (Å²) in [5.74, 6) is 0.0886. The van der Waals surface area contributed by atoms with Gasteiger partial charge >= 0.3 is 0 Å². The van der Waals surface area contributed by atoms with Crippen molar-refractivity contribution in [3.05, 3.63) is 90.1 Å². The number of aromatic nitrogens is 2. The number of alkyl halides is 3. The Kier molecular flexibility index (Phi) is 6.31. The zero-order chi connectivity index (χ0) is 22.9. The van der Waals surface area contributed by atoms with Gasteiger partial charge in [-0.1, -0.05) is 68.1 Å². The van der Waals surface area contributed by atoms with Crippen LogP contribution in [-0.2, 0) is 5.60 Å². The number of aliphatic hydroxyl groups is 1.